The first-order chi connectivity index (χ1) is 13.5. The van der Waals surface area contributed by atoms with Crippen molar-refractivity contribution in [3.8, 4) is 0 Å². The molecule has 1 unspecified atom stereocenters. The first-order valence-corrected chi connectivity index (χ1v) is 9.72. The van der Waals surface area contributed by atoms with E-state index in [1.165, 1.54) is 4.90 Å². The zero-order valence-corrected chi connectivity index (χ0v) is 17.3. The summed E-state index contributed by atoms with van der Waals surface area (Å²) < 4.78 is 5.82. The van der Waals surface area contributed by atoms with Gasteiger partial charge in [0.2, 0.25) is 0 Å². The van der Waals surface area contributed by atoms with Gasteiger partial charge < -0.3 is 14.6 Å². The molecule has 6 heteroatoms. The van der Waals surface area contributed by atoms with Crippen LogP contribution in [0.2, 0.25) is 0 Å². The van der Waals surface area contributed by atoms with Gasteiger partial charge in [-0.05, 0) is 51.7 Å². The number of amides is 2. The standard InChI is InChI=1S/C22H21BrN2O3/c1-15(16-8-4-3-5-9-16)14-24-21(26)17-10-6-7-11-18(17)25(2)22(27)19-12-13-20(23)28-19/h3-13,15H,14H2,1-2H3,(H,24,26). The van der Waals surface area contributed by atoms with E-state index in [0.29, 0.717) is 22.5 Å². The fourth-order valence-electron chi connectivity index (χ4n) is 2.90. The van der Waals surface area contributed by atoms with E-state index < -0.39 is 0 Å². The number of nitrogens with one attached hydrogen (secondary N) is 1. The highest BCUT2D eigenvalue weighted by atomic mass is 79.9. The molecule has 0 saturated heterocycles. The lowest BCUT2D eigenvalue weighted by Gasteiger charge is -2.20. The molecule has 1 atom stereocenters. The third kappa shape index (κ3) is 4.51. The van der Waals surface area contributed by atoms with E-state index in [0.717, 1.165) is 5.56 Å². The topological polar surface area (TPSA) is 62.6 Å². The molecule has 0 aliphatic heterocycles. The number of benzene rings is 2. The first-order valence-electron chi connectivity index (χ1n) is 8.93. The van der Waals surface area contributed by atoms with Gasteiger partial charge in [0.1, 0.15) is 0 Å². The molecule has 0 fully saturated rings. The largest absolute Gasteiger partial charge is 0.444 e. The lowest BCUT2D eigenvalue weighted by molar-refractivity contribution is 0.0951. The van der Waals surface area contributed by atoms with E-state index >= 15 is 0 Å². The van der Waals surface area contributed by atoms with Crippen molar-refractivity contribution in [3.05, 3.63) is 88.3 Å². The van der Waals surface area contributed by atoms with Crippen LogP contribution in [0, 0.1) is 0 Å². The summed E-state index contributed by atoms with van der Waals surface area (Å²) >= 11 is 3.20. The Balaban J connectivity index is 1.74. The summed E-state index contributed by atoms with van der Waals surface area (Å²) in [5.74, 6) is -0.179. The summed E-state index contributed by atoms with van der Waals surface area (Å²) in [5, 5.41) is 2.97. The Morgan fingerprint density at radius 2 is 1.71 bits per heavy atom. The number of furan rings is 1. The SMILES string of the molecule is CC(CNC(=O)c1ccccc1N(C)C(=O)c1ccc(Br)o1)c1ccccc1. The van der Waals surface area contributed by atoms with Crippen LogP contribution >= 0.6 is 15.9 Å². The van der Waals surface area contributed by atoms with E-state index in [2.05, 4.69) is 28.2 Å². The van der Waals surface area contributed by atoms with Crippen molar-refractivity contribution >= 4 is 33.4 Å². The van der Waals surface area contributed by atoms with E-state index in [9.17, 15) is 9.59 Å². The van der Waals surface area contributed by atoms with E-state index in [1.54, 1.807) is 43.4 Å². The van der Waals surface area contributed by atoms with Crippen molar-refractivity contribution in [2.24, 2.45) is 0 Å². The first kappa shape index (κ1) is 19.9. The average Bonchev–Trinajstić information content (AvgIpc) is 3.17. The highest BCUT2D eigenvalue weighted by Crippen LogP contribution is 2.23. The molecule has 0 aliphatic rings. The van der Waals surface area contributed by atoms with E-state index in [-0.39, 0.29) is 23.5 Å². The smallest absolute Gasteiger partial charge is 0.293 e. The summed E-state index contributed by atoms with van der Waals surface area (Å²) in [4.78, 5) is 26.9. The van der Waals surface area contributed by atoms with Crippen LogP contribution < -0.4 is 10.2 Å². The Morgan fingerprint density at radius 3 is 2.39 bits per heavy atom. The Labute approximate surface area is 172 Å². The minimum atomic E-state index is -0.330. The van der Waals surface area contributed by atoms with Crippen molar-refractivity contribution < 1.29 is 14.0 Å². The van der Waals surface area contributed by atoms with Crippen LogP contribution in [0.15, 0.2) is 75.8 Å². The molecule has 0 radical (unpaired) electrons. The predicted molar refractivity (Wildman–Crippen MR) is 113 cm³/mol. The molecule has 0 saturated carbocycles. The van der Waals surface area contributed by atoms with Gasteiger partial charge in [0.25, 0.3) is 11.8 Å². The molecule has 1 aromatic heterocycles. The number of carbonyl (C=O) groups is 2. The van der Waals surface area contributed by atoms with Crippen molar-refractivity contribution in [2.45, 2.75) is 12.8 Å². The second-order valence-electron chi connectivity index (χ2n) is 6.51. The maximum atomic E-state index is 12.8. The van der Waals surface area contributed by atoms with Crippen LogP contribution in [0.25, 0.3) is 0 Å². The zero-order valence-electron chi connectivity index (χ0n) is 15.7. The monoisotopic (exact) mass is 440 g/mol. The maximum absolute atomic E-state index is 12.8. The molecule has 1 N–H and O–H groups in total. The average molecular weight is 441 g/mol. The van der Waals surface area contributed by atoms with Gasteiger partial charge in [-0.2, -0.15) is 0 Å². The van der Waals surface area contributed by atoms with Gasteiger partial charge in [-0.25, -0.2) is 0 Å². The van der Waals surface area contributed by atoms with Crippen LogP contribution in [0.3, 0.4) is 0 Å². The van der Waals surface area contributed by atoms with Gasteiger partial charge in [-0.1, -0.05) is 49.4 Å². The van der Waals surface area contributed by atoms with Gasteiger partial charge in [0.05, 0.1) is 11.3 Å². The highest BCUT2D eigenvalue weighted by Gasteiger charge is 2.22. The van der Waals surface area contributed by atoms with E-state index in [1.807, 2.05) is 30.3 Å². The van der Waals surface area contributed by atoms with Crippen LogP contribution in [-0.2, 0) is 0 Å². The summed E-state index contributed by atoms with van der Waals surface area (Å²) in [5.41, 5.74) is 2.11. The van der Waals surface area contributed by atoms with Crippen LogP contribution in [0.4, 0.5) is 5.69 Å². The summed E-state index contributed by atoms with van der Waals surface area (Å²) in [7, 11) is 1.62. The Kier molecular flexibility index (Phi) is 6.31. The fraction of sp³-hybridized carbons (Fsp3) is 0.182. The lowest BCUT2D eigenvalue weighted by atomic mass is 10.0. The molecular weight excluding hydrogens is 420 g/mol. The molecule has 0 spiro atoms. The number of hydrogen-bond acceptors (Lipinski definition) is 3. The van der Waals surface area contributed by atoms with Crippen molar-refractivity contribution in [3.63, 3.8) is 0 Å². The summed E-state index contributed by atoms with van der Waals surface area (Å²) in [6, 6.07) is 20.3. The molecular formula is C22H21BrN2O3. The minimum Gasteiger partial charge on any atom is -0.444 e. The predicted octanol–water partition coefficient (Wildman–Crippen LogP) is 4.85. The number of anilines is 1. The van der Waals surface area contributed by atoms with Crippen LogP contribution in [-0.4, -0.2) is 25.4 Å². The number of halogens is 1. The van der Waals surface area contributed by atoms with Gasteiger partial charge >= 0.3 is 0 Å². The van der Waals surface area contributed by atoms with Crippen LogP contribution in [0.5, 0.6) is 0 Å². The number of nitrogens with zero attached hydrogens (tertiary/aromatic N) is 1. The second kappa shape index (κ2) is 8.89. The number of rotatable bonds is 6. The Hall–Kier alpha value is -2.86. The van der Waals surface area contributed by atoms with Crippen molar-refractivity contribution in [1.82, 2.24) is 5.32 Å². The molecule has 28 heavy (non-hydrogen) atoms. The second-order valence-corrected chi connectivity index (χ2v) is 7.29. The van der Waals surface area contributed by atoms with Gasteiger partial charge in [-0.3, -0.25) is 9.59 Å². The third-order valence-corrected chi connectivity index (χ3v) is 4.96. The summed E-state index contributed by atoms with van der Waals surface area (Å²) in [6.45, 7) is 2.56. The van der Waals surface area contributed by atoms with E-state index in [4.69, 9.17) is 4.42 Å². The Bertz CT molecular complexity index is 969. The third-order valence-electron chi connectivity index (χ3n) is 4.54. The van der Waals surface area contributed by atoms with Crippen molar-refractivity contribution in [1.29, 1.82) is 0 Å². The Morgan fingerprint density at radius 1 is 1.04 bits per heavy atom. The molecule has 5 nitrogen and oxygen atoms in total. The quantitative estimate of drug-likeness (QED) is 0.595. The number of para-hydroxylation sites is 1. The molecule has 144 valence electrons. The van der Waals surface area contributed by atoms with Gasteiger partial charge in [0, 0.05) is 13.6 Å². The molecule has 0 bridgehead atoms. The molecule has 2 aromatic carbocycles. The summed E-state index contributed by atoms with van der Waals surface area (Å²) in [6.07, 6.45) is 0. The molecule has 1 heterocycles. The molecule has 0 aliphatic carbocycles. The number of hydrogen-bond donors (Lipinski definition) is 1. The minimum absolute atomic E-state index is 0.178. The van der Waals surface area contributed by atoms with Gasteiger partial charge in [0.15, 0.2) is 10.4 Å². The number of carbonyl (C=O) groups excluding carboxylic acids is 2. The van der Waals surface area contributed by atoms with Gasteiger partial charge in [-0.15, -0.1) is 0 Å². The fourth-order valence-corrected chi connectivity index (χ4v) is 3.21. The van der Waals surface area contributed by atoms with Crippen molar-refractivity contribution in [2.75, 3.05) is 18.5 Å². The molecule has 3 aromatic rings. The molecule has 2 amide bonds. The molecule has 3 rings (SSSR count). The normalized spacial score (nSPS) is 11.7. The zero-order chi connectivity index (χ0) is 20.1. The highest BCUT2D eigenvalue weighted by molar-refractivity contribution is 9.10. The lowest BCUT2D eigenvalue weighted by Crippen LogP contribution is -2.32. The van der Waals surface area contributed by atoms with Crippen LogP contribution in [0.1, 0.15) is 39.3 Å². The maximum Gasteiger partial charge on any atom is 0.293 e.